The molecule has 1 aromatic rings. The van der Waals surface area contributed by atoms with Gasteiger partial charge in [0.15, 0.2) is 0 Å². The number of aromatic nitrogens is 2. The van der Waals surface area contributed by atoms with Crippen molar-refractivity contribution in [2.24, 2.45) is 5.92 Å². The van der Waals surface area contributed by atoms with Crippen LogP contribution in [-0.4, -0.2) is 34.2 Å². The maximum Gasteiger partial charge on any atom is 0.280 e. The van der Waals surface area contributed by atoms with Crippen LogP contribution in [-0.2, 0) is 0 Å². The van der Waals surface area contributed by atoms with E-state index in [0.29, 0.717) is 5.92 Å². The standard InChI is InChI=1S/C8H12N4O2/c1-5-2-3-12(4-5)8(13)6-7(9)11-14-10-6/h5H,2-4H2,1H3,(H2,9,11). The van der Waals surface area contributed by atoms with Gasteiger partial charge in [-0.2, -0.15) is 0 Å². The van der Waals surface area contributed by atoms with Crippen LogP contribution in [0.1, 0.15) is 23.8 Å². The van der Waals surface area contributed by atoms with E-state index in [4.69, 9.17) is 5.73 Å². The highest BCUT2D eigenvalue weighted by Crippen LogP contribution is 2.18. The van der Waals surface area contributed by atoms with Gasteiger partial charge in [0.05, 0.1) is 0 Å². The van der Waals surface area contributed by atoms with Crippen molar-refractivity contribution in [3.63, 3.8) is 0 Å². The van der Waals surface area contributed by atoms with Gasteiger partial charge in [-0.1, -0.05) is 6.92 Å². The number of hydrogen-bond acceptors (Lipinski definition) is 5. The quantitative estimate of drug-likeness (QED) is 0.690. The Labute approximate surface area is 81.0 Å². The summed E-state index contributed by atoms with van der Waals surface area (Å²) >= 11 is 0. The molecular weight excluding hydrogens is 184 g/mol. The molecule has 1 aliphatic heterocycles. The van der Waals surface area contributed by atoms with Crippen molar-refractivity contribution in [3.8, 4) is 0 Å². The number of nitrogens with two attached hydrogens (primary N) is 1. The first-order valence-electron chi connectivity index (χ1n) is 4.56. The summed E-state index contributed by atoms with van der Waals surface area (Å²) < 4.78 is 4.38. The Kier molecular flexibility index (Phi) is 2.11. The largest absolute Gasteiger partial charge is 0.379 e. The van der Waals surface area contributed by atoms with Crippen LogP contribution >= 0.6 is 0 Å². The topological polar surface area (TPSA) is 85.2 Å². The molecule has 2 heterocycles. The Bertz CT molecular complexity index is 349. The molecule has 1 aliphatic rings. The lowest BCUT2D eigenvalue weighted by Crippen LogP contribution is -2.29. The number of nitrogens with zero attached hydrogens (tertiary/aromatic N) is 3. The summed E-state index contributed by atoms with van der Waals surface area (Å²) in [5.41, 5.74) is 5.55. The van der Waals surface area contributed by atoms with Crippen LogP contribution in [0.5, 0.6) is 0 Å². The molecule has 1 aromatic heterocycles. The first kappa shape index (κ1) is 8.98. The van der Waals surface area contributed by atoms with Crippen molar-refractivity contribution in [1.82, 2.24) is 15.2 Å². The Morgan fingerprint density at radius 1 is 1.64 bits per heavy atom. The number of hydrogen-bond donors (Lipinski definition) is 1. The molecule has 76 valence electrons. The minimum Gasteiger partial charge on any atom is -0.379 e. The van der Waals surface area contributed by atoms with E-state index < -0.39 is 0 Å². The summed E-state index contributed by atoms with van der Waals surface area (Å²) in [7, 11) is 0. The molecule has 1 unspecified atom stereocenters. The second-order valence-corrected chi connectivity index (χ2v) is 3.64. The van der Waals surface area contributed by atoms with Gasteiger partial charge in [-0.3, -0.25) is 4.79 Å². The minimum absolute atomic E-state index is 0.0644. The van der Waals surface area contributed by atoms with Crippen LogP contribution in [0.4, 0.5) is 5.82 Å². The third-order valence-electron chi connectivity index (χ3n) is 2.43. The van der Waals surface area contributed by atoms with E-state index in [2.05, 4.69) is 21.9 Å². The van der Waals surface area contributed by atoms with Gasteiger partial charge in [0.1, 0.15) is 0 Å². The van der Waals surface area contributed by atoms with Gasteiger partial charge in [-0.15, -0.1) is 0 Å². The maximum atomic E-state index is 11.8. The van der Waals surface area contributed by atoms with E-state index >= 15 is 0 Å². The number of likely N-dealkylation sites (tertiary alicyclic amines) is 1. The Morgan fingerprint density at radius 3 is 2.93 bits per heavy atom. The SMILES string of the molecule is CC1CCN(C(=O)c2nonc2N)C1. The Balaban J connectivity index is 2.13. The summed E-state index contributed by atoms with van der Waals surface area (Å²) in [6.45, 7) is 3.62. The lowest BCUT2D eigenvalue weighted by atomic mass is 10.2. The van der Waals surface area contributed by atoms with E-state index in [-0.39, 0.29) is 17.4 Å². The summed E-state index contributed by atoms with van der Waals surface area (Å²) in [6.07, 6.45) is 1.02. The molecular formula is C8H12N4O2. The second-order valence-electron chi connectivity index (χ2n) is 3.64. The molecule has 0 saturated carbocycles. The molecule has 0 aliphatic carbocycles. The van der Waals surface area contributed by atoms with E-state index in [9.17, 15) is 4.79 Å². The summed E-state index contributed by atoms with van der Waals surface area (Å²) in [5, 5.41) is 6.86. The summed E-state index contributed by atoms with van der Waals surface area (Å²) in [4.78, 5) is 13.5. The highest BCUT2D eigenvalue weighted by atomic mass is 16.6. The van der Waals surface area contributed by atoms with Crippen molar-refractivity contribution < 1.29 is 9.42 Å². The molecule has 1 amide bonds. The van der Waals surface area contributed by atoms with Crippen molar-refractivity contribution in [2.75, 3.05) is 18.8 Å². The van der Waals surface area contributed by atoms with E-state index in [1.165, 1.54) is 0 Å². The van der Waals surface area contributed by atoms with Gasteiger partial charge in [-0.25, -0.2) is 4.63 Å². The third-order valence-corrected chi connectivity index (χ3v) is 2.43. The van der Waals surface area contributed by atoms with Gasteiger partial charge in [-0.05, 0) is 22.7 Å². The van der Waals surface area contributed by atoms with E-state index in [0.717, 1.165) is 19.5 Å². The van der Waals surface area contributed by atoms with Crippen LogP contribution in [0, 0.1) is 5.92 Å². The predicted molar refractivity (Wildman–Crippen MR) is 48.4 cm³/mol. The van der Waals surface area contributed by atoms with Gasteiger partial charge in [0, 0.05) is 13.1 Å². The fourth-order valence-corrected chi connectivity index (χ4v) is 1.61. The number of carbonyl (C=O) groups is 1. The molecule has 1 fully saturated rings. The van der Waals surface area contributed by atoms with Crippen molar-refractivity contribution in [1.29, 1.82) is 0 Å². The first-order valence-corrected chi connectivity index (χ1v) is 4.56. The van der Waals surface area contributed by atoms with Crippen LogP contribution in [0.3, 0.4) is 0 Å². The molecule has 2 N–H and O–H groups in total. The van der Waals surface area contributed by atoms with E-state index in [1.54, 1.807) is 4.90 Å². The summed E-state index contributed by atoms with van der Waals surface area (Å²) in [6, 6.07) is 0. The van der Waals surface area contributed by atoms with Crippen LogP contribution < -0.4 is 5.73 Å². The highest BCUT2D eigenvalue weighted by molar-refractivity contribution is 5.96. The van der Waals surface area contributed by atoms with Crippen molar-refractivity contribution in [3.05, 3.63) is 5.69 Å². The monoisotopic (exact) mass is 196 g/mol. The Hall–Kier alpha value is -1.59. The highest BCUT2D eigenvalue weighted by Gasteiger charge is 2.27. The molecule has 14 heavy (non-hydrogen) atoms. The third kappa shape index (κ3) is 1.43. The van der Waals surface area contributed by atoms with Gasteiger partial charge < -0.3 is 10.6 Å². The van der Waals surface area contributed by atoms with E-state index in [1.807, 2.05) is 0 Å². The zero-order valence-corrected chi connectivity index (χ0v) is 7.93. The number of carbonyl (C=O) groups excluding carboxylic acids is 1. The van der Waals surface area contributed by atoms with Gasteiger partial charge in [0.25, 0.3) is 5.91 Å². The van der Waals surface area contributed by atoms with Gasteiger partial charge in [0.2, 0.25) is 11.5 Å². The molecule has 0 aromatic carbocycles. The first-order chi connectivity index (χ1) is 6.68. The number of amides is 1. The molecule has 0 radical (unpaired) electrons. The van der Waals surface area contributed by atoms with Crippen LogP contribution in [0.15, 0.2) is 4.63 Å². The number of rotatable bonds is 1. The fraction of sp³-hybridized carbons (Fsp3) is 0.625. The average molecular weight is 196 g/mol. The normalized spacial score (nSPS) is 21.5. The lowest BCUT2D eigenvalue weighted by Gasteiger charge is -2.13. The Morgan fingerprint density at radius 2 is 2.43 bits per heavy atom. The summed E-state index contributed by atoms with van der Waals surface area (Å²) in [5.74, 6) is 0.419. The molecule has 6 nitrogen and oxygen atoms in total. The average Bonchev–Trinajstić information content (AvgIpc) is 2.73. The number of nitrogen functional groups attached to an aromatic ring is 1. The fourth-order valence-electron chi connectivity index (χ4n) is 1.61. The molecule has 0 spiro atoms. The van der Waals surface area contributed by atoms with Gasteiger partial charge >= 0.3 is 0 Å². The molecule has 2 rings (SSSR count). The molecule has 1 saturated heterocycles. The predicted octanol–water partition coefficient (Wildman–Crippen LogP) is 0.134. The molecule has 6 heteroatoms. The van der Waals surface area contributed by atoms with Crippen molar-refractivity contribution >= 4 is 11.7 Å². The molecule has 1 atom stereocenters. The maximum absolute atomic E-state index is 11.8. The lowest BCUT2D eigenvalue weighted by molar-refractivity contribution is 0.0777. The minimum atomic E-state index is -0.187. The van der Waals surface area contributed by atoms with Crippen LogP contribution in [0.2, 0.25) is 0 Å². The zero-order chi connectivity index (χ0) is 10.1. The number of anilines is 1. The zero-order valence-electron chi connectivity index (χ0n) is 7.93. The van der Waals surface area contributed by atoms with Crippen LogP contribution in [0.25, 0.3) is 0 Å². The second kappa shape index (κ2) is 3.28. The molecule has 0 bridgehead atoms. The van der Waals surface area contributed by atoms with Crippen molar-refractivity contribution in [2.45, 2.75) is 13.3 Å². The smallest absolute Gasteiger partial charge is 0.280 e.